The molecule has 122 valence electrons. The van der Waals surface area contributed by atoms with E-state index in [-0.39, 0.29) is 5.92 Å². The van der Waals surface area contributed by atoms with Crippen LogP contribution in [0.4, 0.5) is 0 Å². The summed E-state index contributed by atoms with van der Waals surface area (Å²) in [5, 5.41) is 8.89. The van der Waals surface area contributed by atoms with Gasteiger partial charge in [0.15, 0.2) is 0 Å². The van der Waals surface area contributed by atoms with E-state index < -0.39 is 10.0 Å². The van der Waals surface area contributed by atoms with Crippen LogP contribution in [-0.4, -0.2) is 19.3 Å². The van der Waals surface area contributed by atoms with E-state index in [0.29, 0.717) is 17.0 Å². The molecule has 2 aromatic carbocycles. The fourth-order valence-electron chi connectivity index (χ4n) is 2.87. The zero-order valence-electron chi connectivity index (χ0n) is 13.6. The minimum absolute atomic E-state index is 0.0120. The van der Waals surface area contributed by atoms with Gasteiger partial charge >= 0.3 is 0 Å². The standard InChI is InChI=1S/C19H18N2O2S/c1-14-3-9-18(10-4-14)24(22,23)21-12-15(2)19(13-21)17-7-5-16(11-20)6-8-17/h3-10,12,19H,13H2,1-2H3. The highest BCUT2D eigenvalue weighted by Gasteiger charge is 2.31. The first-order chi connectivity index (χ1) is 11.4. The van der Waals surface area contributed by atoms with Crippen LogP contribution in [0.1, 0.15) is 29.5 Å². The highest BCUT2D eigenvalue weighted by Crippen LogP contribution is 2.34. The van der Waals surface area contributed by atoms with Crippen molar-refractivity contribution in [3.05, 3.63) is 77.0 Å². The zero-order chi connectivity index (χ0) is 17.3. The summed E-state index contributed by atoms with van der Waals surface area (Å²) >= 11 is 0. The number of aryl methyl sites for hydroxylation is 1. The highest BCUT2D eigenvalue weighted by atomic mass is 32.2. The van der Waals surface area contributed by atoms with Crippen molar-refractivity contribution in [3.63, 3.8) is 0 Å². The molecule has 0 N–H and O–H groups in total. The first-order valence-corrected chi connectivity index (χ1v) is 9.13. The van der Waals surface area contributed by atoms with Crippen molar-refractivity contribution in [1.29, 1.82) is 5.26 Å². The van der Waals surface area contributed by atoms with Gasteiger partial charge < -0.3 is 0 Å². The average molecular weight is 338 g/mol. The maximum atomic E-state index is 12.8. The van der Waals surface area contributed by atoms with Crippen molar-refractivity contribution in [2.24, 2.45) is 0 Å². The van der Waals surface area contributed by atoms with Gasteiger partial charge in [0.05, 0.1) is 16.5 Å². The molecule has 1 aliphatic rings. The van der Waals surface area contributed by atoms with E-state index in [0.717, 1.165) is 16.7 Å². The highest BCUT2D eigenvalue weighted by molar-refractivity contribution is 7.89. The maximum Gasteiger partial charge on any atom is 0.263 e. The summed E-state index contributed by atoms with van der Waals surface area (Å²) in [6, 6.07) is 16.3. The molecule has 0 aromatic heterocycles. The molecule has 1 atom stereocenters. The van der Waals surface area contributed by atoms with Crippen LogP contribution in [0.2, 0.25) is 0 Å². The lowest BCUT2D eigenvalue weighted by atomic mass is 9.94. The lowest BCUT2D eigenvalue weighted by Crippen LogP contribution is -2.26. The molecule has 0 saturated heterocycles. The van der Waals surface area contributed by atoms with E-state index in [1.54, 1.807) is 42.6 Å². The van der Waals surface area contributed by atoms with Gasteiger partial charge in [-0.05, 0) is 49.2 Å². The smallest absolute Gasteiger partial charge is 0.263 e. The van der Waals surface area contributed by atoms with E-state index in [1.807, 2.05) is 26.0 Å². The molecule has 0 aliphatic carbocycles. The van der Waals surface area contributed by atoms with Gasteiger partial charge in [-0.1, -0.05) is 29.8 Å². The Kier molecular flexibility index (Phi) is 4.16. The summed E-state index contributed by atoms with van der Waals surface area (Å²) in [7, 11) is -3.54. The number of nitrogens with zero attached hydrogens (tertiary/aromatic N) is 2. The molecule has 1 aliphatic heterocycles. The fourth-order valence-corrected chi connectivity index (χ4v) is 4.27. The third kappa shape index (κ3) is 2.93. The summed E-state index contributed by atoms with van der Waals surface area (Å²) in [5.41, 5.74) is 3.64. The van der Waals surface area contributed by atoms with Crippen LogP contribution in [0.3, 0.4) is 0 Å². The summed E-state index contributed by atoms with van der Waals surface area (Å²) in [6.45, 7) is 4.25. The minimum atomic E-state index is -3.54. The molecule has 0 bridgehead atoms. The Hall–Kier alpha value is -2.58. The zero-order valence-corrected chi connectivity index (χ0v) is 14.4. The second-order valence-electron chi connectivity index (χ2n) is 6.05. The molecular formula is C19H18N2O2S. The summed E-state index contributed by atoms with van der Waals surface area (Å²) < 4.78 is 27.0. The van der Waals surface area contributed by atoms with Crippen molar-refractivity contribution in [2.45, 2.75) is 24.7 Å². The van der Waals surface area contributed by atoms with E-state index >= 15 is 0 Å². The van der Waals surface area contributed by atoms with E-state index in [4.69, 9.17) is 5.26 Å². The maximum absolute atomic E-state index is 12.8. The topological polar surface area (TPSA) is 61.2 Å². The molecule has 0 saturated carbocycles. The van der Waals surface area contributed by atoms with Crippen LogP contribution < -0.4 is 0 Å². The van der Waals surface area contributed by atoms with Gasteiger partial charge in [0, 0.05) is 18.7 Å². The van der Waals surface area contributed by atoms with Crippen molar-refractivity contribution >= 4 is 10.0 Å². The number of sulfonamides is 1. The molecule has 5 heteroatoms. The Labute approximate surface area is 142 Å². The predicted octanol–water partition coefficient (Wildman–Crippen LogP) is 3.56. The third-order valence-electron chi connectivity index (χ3n) is 4.33. The number of benzene rings is 2. The van der Waals surface area contributed by atoms with Crippen LogP contribution in [0, 0.1) is 18.3 Å². The normalized spacial score (nSPS) is 17.5. The number of rotatable bonds is 3. The summed E-state index contributed by atoms with van der Waals surface area (Å²) in [4.78, 5) is 0.303. The van der Waals surface area contributed by atoms with Crippen LogP contribution in [0.15, 0.2) is 65.2 Å². The molecule has 1 heterocycles. The summed E-state index contributed by atoms with van der Waals surface area (Å²) in [6.07, 6.45) is 1.71. The Balaban J connectivity index is 1.87. The number of hydrogen-bond donors (Lipinski definition) is 0. The first-order valence-electron chi connectivity index (χ1n) is 7.69. The third-order valence-corrected chi connectivity index (χ3v) is 6.07. The minimum Gasteiger partial charge on any atom is -0.272 e. The lowest BCUT2D eigenvalue weighted by Gasteiger charge is -2.19. The lowest BCUT2D eigenvalue weighted by molar-refractivity contribution is 0.506. The Bertz CT molecular complexity index is 921. The monoisotopic (exact) mass is 338 g/mol. The fraction of sp³-hybridized carbons (Fsp3) is 0.211. The van der Waals surface area contributed by atoms with Gasteiger partial charge in [-0.2, -0.15) is 5.26 Å². The van der Waals surface area contributed by atoms with Gasteiger partial charge in [0.2, 0.25) is 0 Å². The number of nitriles is 1. The summed E-state index contributed by atoms with van der Waals surface area (Å²) in [5.74, 6) is 0.0120. The van der Waals surface area contributed by atoms with E-state index in [1.165, 1.54) is 4.31 Å². The Morgan fingerprint density at radius 3 is 2.25 bits per heavy atom. The molecule has 0 fully saturated rings. The first kappa shape index (κ1) is 16.3. The molecule has 1 unspecified atom stereocenters. The van der Waals surface area contributed by atoms with Gasteiger partial charge in [0.1, 0.15) is 0 Å². The predicted molar refractivity (Wildman–Crippen MR) is 92.7 cm³/mol. The number of hydrogen-bond acceptors (Lipinski definition) is 3. The largest absolute Gasteiger partial charge is 0.272 e. The molecule has 4 nitrogen and oxygen atoms in total. The van der Waals surface area contributed by atoms with Gasteiger partial charge in [-0.25, -0.2) is 8.42 Å². The van der Waals surface area contributed by atoms with Gasteiger partial charge in [-0.15, -0.1) is 0 Å². The molecule has 3 rings (SSSR count). The van der Waals surface area contributed by atoms with Gasteiger partial charge in [0.25, 0.3) is 10.0 Å². The van der Waals surface area contributed by atoms with E-state index in [9.17, 15) is 8.42 Å². The van der Waals surface area contributed by atoms with Crippen molar-refractivity contribution in [2.75, 3.05) is 6.54 Å². The van der Waals surface area contributed by atoms with Crippen molar-refractivity contribution in [1.82, 2.24) is 4.31 Å². The van der Waals surface area contributed by atoms with Gasteiger partial charge in [-0.3, -0.25) is 4.31 Å². The van der Waals surface area contributed by atoms with Crippen molar-refractivity contribution < 1.29 is 8.42 Å². The molecule has 24 heavy (non-hydrogen) atoms. The molecule has 0 spiro atoms. The SMILES string of the molecule is CC1=CN(S(=O)(=O)c2ccc(C)cc2)CC1c1ccc(C#N)cc1. The van der Waals surface area contributed by atoms with Crippen molar-refractivity contribution in [3.8, 4) is 6.07 Å². The molecule has 0 radical (unpaired) electrons. The van der Waals surface area contributed by atoms with Crippen LogP contribution in [0.5, 0.6) is 0 Å². The van der Waals surface area contributed by atoms with Crippen LogP contribution in [0.25, 0.3) is 0 Å². The second kappa shape index (κ2) is 6.14. The average Bonchev–Trinajstić information content (AvgIpc) is 2.98. The Morgan fingerprint density at radius 2 is 1.67 bits per heavy atom. The van der Waals surface area contributed by atoms with Crippen LogP contribution >= 0.6 is 0 Å². The molecule has 0 amide bonds. The van der Waals surface area contributed by atoms with E-state index in [2.05, 4.69) is 6.07 Å². The molecular weight excluding hydrogens is 320 g/mol. The molecule has 2 aromatic rings. The quantitative estimate of drug-likeness (QED) is 0.860. The van der Waals surface area contributed by atoms with Crippen LogP contribution in [-0.2, 0) is 10.0 Å². The Morgan fingerprint density at radius 1 is 1.04 bits per heavy atom. The second-order valence-corrected chi connectivity index (χ2v) is 7.94.